The van der Waals surface area contributed by atoms with E-state index < -0.39 is 12.0 Å². The van der Waals surface area contributed by atoms with E-state index >= 15 is 0 Å². The van der Waals surface area contributed by atoms with Crippen molar-refractivity contribution in [3.63, 3.8) is 0 Å². The molecule has 0 N–H and O–H groups in total. The first-order valence-corrected chi connectivity index (χ1v) is 15.2. The fraction of sp³-hybridized carbons (Fsp3) is 0.206. The third-order valence-electron chi connectivity index (χ3n) is 7.79. The number of thiazole rings is 1. The molecule has 7 nitrogen and oxygen atoms in total. The van der Waals surface area contributed by atoms with Gasteiger partial charge in [0, 0.05) is 33.7 Å². The first kappa shape index (κ1) is 28.7. The molecule has 0 bridgehead atoms. The third kappa shape index (κ3) is 5.11. The molecule has 0 aliphatic carbocycles. The van der Waals surface area contributed by atoms with E-state index in [2.05, 4.69) is 23.6 Å². The van der Waals surface area contributed by atoms with Gasteiger partial charge in [0.2, 0.25) is 0 Å². The van der Waals surface area contributed by atoms with Gasteiger partial charge in [-0.1, -0.05) is 71.5 Å². The van der Waals surface area contributed by atoms with Gasteiger partial charge >= 0.3 is 5.97 Å². The molecule has 0 amide bonds. The monoisotopic (exact) mass is 611 g/mol. The second kappa shape index (κ2) is 11.7. The molecule has 1 aliphatic rings. The highest BCUT2D eigenvalue weighted by atomic mass is 35.5. The second-order valence-corrected chi connectivity index (χ2v) is 11.7. The lowest BCUT2D eigenvalue weighted by atomic mass is 9.96. The lowest BCUT2D eigenvalue weighted by Gasteiger charge is -2.24. The molecular formula is C34H30ClN3O4S. The van der Waals surface area contributed by atoms with Crippen LogP contribution in [0, 0.1) is 6.92 Å². The van der Waals surface area contributed by atoms with Crippen LogP contribution in [-0.2, 0) is 16.1 Å². The smallest absolute Gasteiger partial charge is 0.338 e. The maximum Gasteiger partial charge on any atom is 0.338 e. The first-order valence-electron chi connectivity index (χ1n) is 14.0. The van der Waals surface area contributed by atoms with Crippen molar-refractivity contribution in [1.29, 1.82) is 0 Å². The van der Waals surface area contributed by atoms with Gasteiger partial charge in [0.1, 0.15) is 5.75 Å². The highest BCUT2D eigenvalue weighted by Gasteiger charge is 2.33. The molecule has 0 fully saturated rings. The average Bonchev–Trinajstić information content (AvgIpc) is 3.46. The van der Waals surface area contributed by atoms with Crippen molar-refractivity contribution in [2.75, 3.05) is 13.7 Å². The molecule has 1 atom stereocenters. The first-order chi connectivity index (χ1) is 20.8. The zero-order chi connectivity index (χ0) is 30.2. The van der Waals surface area contributed by atoms with Crippen LogP contribution < -0.4 is 19.6 Å². The van der Waals surface area contributed by atoms with E-state index in [-0.39, 0.29) is 12.2 Å². The quantitative estimate of drug-likeness (QED) is 0.219. The van der Waals surface area contributed by atoms with Crippen LogP contribution in [0.1, 0.15) is 42.3 Å². The minimum Gasteiger partial charge on any atom is -0.497 e. The van der Waals surface area contributed by atoms with E-state index in [1.165, 1.54) is 11.3 Å². The Morgan fingerprint density at radius 2 is 1.77 bits per heavy atom. The number of carbonyl (C=O) groups excluding carboxylic acids is 1. The minimum absolute atomic E-state index is 0.215. The van der Waals surface area contributed by atoms with Crippen LogP contribution in [0.5, 0.6) is 5.75 Å². The van der Waals surface area contributed by atoms with Crippen molar-refractivity contribution in [2.24, 2.45) is 4.99 Å². The van der Waals surface area contributed by atoms with Crippen molar-refractivity contribution in [2.45, 2.75) is 33.4 Å². The number of hydrogen-bond acceptors (Lipinski definition) is 6. The Morgan fingerprint density at radius 3 is 2.49 bits per heavy atom. The number of allylic oxidation sites excluding steroid dienone is 1. The van der Waals surface area contributed by atoms with Crippen LogP contribution in [0.15, 0.2) is 93.9 Å². The van der Waals surface area contributed by atoms with E-state index in [1.807, 2.05) is 66.7 Å². The zero-order valence-electron chi connectivity index (χ0n) is 24.3. The standard InChI is InChI=1S/C34H30ClN3O4S/c1-5-42-33(40)30-20(2)36-34-38(31(30)22-14-16-24(41-4)17-15-22)32(39)29(43-34)18-26-21(3)37(28-13-9-7-11-25(26)28)19-23-10-6-8-12-27(23)35/h6-18,31H,5,19H2,1-4H3/b29-18-/t31-/m1/s1. The van der Waals surface area contributed by atoms with E-state index in [4.69, 9.17) is 26.1 Å². The van der Waals surface area contributed by atoms with Crippen LogP contribution in [-0.4, -0.2) is 28.8 Å². The van der Waals surface area contributed by atoms with E-state index in [9.17, 15) is 9.59 Å². The van der Waals surface area contributed by atoms with Gasteiger partial charge in [0.15, 0.2) is 4.80 Å². The molecule has 0 spiro atoms. The summed E-state index contributed by atoms with van der Waals surface area (Å²) in [5, 5.41) is 1.74. The maximum atomic E-state index is 14.2. The van der Waals surface area contributed by atoms with Gasteiger partial charge in [-0.15, -0.1) is 0 Å². The van der Waals surface area contributed by atoms with Crippen LogP contribution in [0.3, 0.4) is 0 Å². The Kier molecular flexibility index (Phi) is 7.81. The summed E-state index contributed by atoms with van der Waals surface area (Å²) in [6.07, 6.45) is 1.94. The molecule has 0 unspecified atom stereocenters. The largest absolute Gasteiger partial charge is 0.497 e. The molecule has 0 saturated carbocycles. The number of esters is 1. The zero-order valence-corrected chi connectivity index (χ0v) is 25.8. The van der Waals surface area contributed by atoms with E-state index in [0.717, 1.165) is 33.3 Å². The van der Waals surface area contributed by atoms with Gasteiger partial charge in [-0.3, -0.25) is 9.36 Å². The Bertz CT molecular complexity index is 2090. The molecule has 218 valence electrons. The summed E-state index contributed by atoms with van der Waals surface area (Å²) in [4.78, 5) is 32.7. The molecule has 9 heteroatoms. The number of halogens is 1. The highest BCUT2D eigenvalue weighted by Crippen LogP contribution is 2.32. The predicted octanol–water partition coefficient (Wildman–Crippen LogP) is 5.77. The Labute approximate surface area is 257 Å². The van der Waals surface area contributed by atoms with Crippen molar-refractivity contribution >= 4 is 45.9 Å². The van der Waals surface area contributed by atoms with Crippen LogP contribution >= 0.6 is 22.9 Å². The third-order valence-corrected chi connectivity index (χ3v) is 9.14. The number of methoxy groups -OCH3 is 1. The minimum atomic E-state index is -0.689. The Balaban J connectivity index is 1.54. The molecule has 0 saturated heterocycles. The molecule has 3 aromatic carbocycles. The number of benzene rings is 3. The SMILES string of the molecule is CCOC(=O)C1=C(C)N=c2s/c(=C\c3c(C)n(Cc4ccccc4Cl)c4ccccc34)c(=O)n2[C@@H]1c1ccc(OC)cc1. The molecule has 1 aliphatic heterocycles. The number of ether oxygens (including phenoxy) is 2. The van der Waals surface area contributed by atoms with E-state index in [0.29, 0.717) is 37.9 Å². The number of carbonyl (C=O) groups is 1. The molecule has 0 radical (unpaired) electrons. The van der Waals surface area contributed by atoms with Gasteiger partial charge in [-0.25, -0.2) is 9.79 Å². The number of nitrogens with zero attached hydrogens (tertiary/aromatic N) is 3. The normalized spacial score (nSPS) is 15.0. The maximum absolute atomic E-state index is 14.2. The van der Waals surface area contributed by atoms with Gasteiger partial charge in [0.25, 0.3) is 5.56 Å². The van der Waals surface area contributed by atoms with Crippen molar-refractivity contribution in [3.8, 4) is 5.75 Å². The number of rotatable bonds is 7. The fourth-order valence-electron chi connectivity index (χ4n) is 5.66. The van der Waals surface area contributed by atoms with Crippen molar-refractivity contribution < 1.29 is 14.3 Å². The Hall–Kier alpha value is -4.40. The molecule has 3 heterocycles. The second-order valence-electron chi connectivity index (χ2n) is 10.3. The summed E-state index contributed by atoms with van der Waals surface area (Å²) >= 11 is 7.84. The number of aromatic nitrogens is 2. The van der Waals surface area contributed by atoms with Crippen LogP contribution in [0.25, 0.3) is 17.0 Å². The lowest BCUT2D eigenvalue weighted by molar-refractivity contribution is -0.139. The summed E-state index contributed by atoms with van der Waals surface area (Å²) < 4.78 is 15.1. The Morgan fingerprint density at radius 1 is 1.05 bits per heavy atom. The average molecular weight is 612 g/mol. The molecule has 2 aromatic heterocycles. The van der Waals surface area contributed by atoms with Gasteiger partial charge in [0.05, 0.1) is 35.6 Å². The fourth-order valence-corrected chi connectivity index (χ4v) is 6.89. The predicted molar refractivity (Wildman–Crippen MR) is 171 cm³/mol. The topological polar surface area (TPSA) is 74.8 Å². The molecular weight excluding hydrogens is 582 g/mol. The van der Waals surface area contributed by atoms with E-state index in [1.54, 1.807) is 25.5 Å². The van der Waals surface area contributed by atoms with Gasteiger partial charge in [-0.05, 0) is 62.2 Å². The number of fused-ring (bicyclic) bond motifs is 2. The summed E-state index contributed by atoms with van der Waals surface area (Å²) in [6.45, 7) is 6.42. The number of hydrogen-bond donors (Lipinski definition) is 0. The lowest BCUT2D eigenvalue weighted by Crippen LogP contribution is -2.39. The highest BCUT2D eigenvalue weighted by molar-refractivity contribution is 7.07. The molecule has 5 aromatic rings. The van der Waals surface area contributed by atoms with Crippen molar-refractivity contribution in [1.82, 2.24) is 9.13 Å². The summed E-state index contributed by atoms with van der Waals surface area (Å²) in [6, 6.07) is 22.7. The summed E-state index contributed by atoms with van der Waals surface area (Å²) in [5.74, 6) is 0.190. The molecule has 6 rings (SSSR count). The van der Waals surface area contributed by atoms with Crippen LogP contribution in [0.2, 0.25) is 5.02 Å². The summed E-state index contributed by atoms with van der Waals surface area (Å²) in [7, 11) is 1.60. The van der Waals surface area contributed by atoms with Gasteiger partial charge in [-0.2, -0.15) is 0 Å². The summed E-state index contributed by atoms with van der Waals surface area (Å²) in [5.41, 5.74) is 5.45. The van der Waals surface area contributed by atoms with Gasteiger partial charge < -0.3 is 14.0 Å². The van der Waals surface area contributed by atoms with Crippen LogP contribution in [0.4, 0.5) is 0 Å². The number of para-hydroxylation sites is 1. The van der Waals surface area contributed by atoms with Crippen molar-refractivity contribution in [3.05, 3.63) is 131 Å². The molecule has 43 heavy (non-hydrogen) atoms.